The van der Waals surface area contributed by atoms with Crippen LogP contribution in [0.3, 0.4) is 0 Å². The Kier molecular flexibility index (Phi) is 7.86. The van der Waals surface area contributed by atoms with Crippen molar-refractivity contribution in [3.63, 3.8) is 0 Å². The van der Waals surface area contributed by atoms with Crippen LogP contribution in [0.25, 0.3) is 0 Å². The number of halogens is 1. The molecule has 0 atom stereocenters. The fraction of sp³-hybridized carbons (Fsp3) is 0.625. The van der Waals surface area contributed by atoms with Crippen molar-refractivity contribution >= 4 is 12.4 Å². The number of rotatable bonds is 6. The Morgan fingerprint density at radius 1 is 1.33 bits per heavy atom. The molecule has 21 heavy (non-hydrogen) atoms. The van der Waals surface area contributed by atoms with Gasteiger partial charge in [0, 0.05) is 6.54 Å². The SMILES string of the molecule is CCOc1cc(CN2CCC(CCN)CC2)ccc1O.Cl. The van der Waals surface area contributed by atoms with Crippen molar-refractivity contribution < 1.29 is 9.84 Å². The van der Waals surface area contributed by atoms with Gasteiger partial charge in [-0.1, -0.05) is 6.07 Å². The molecule has 1 fully saturated rings. The molecule has 0 aromatic heterocycles. The van der Waals surface area contributed by atoms with Crippen LogP contribution < -0.4 is 10.5 Å². The molecule has 0 saturated carbocycles. The fourth-order valence-electron chi connectivity index (χ4n) is 2.86. The van der Waals surface area contributed by atoms with Crippen LogP contribution in [0.5, 0.6) is 11.5 Å². The largest absolute Gasteiger partial charge is 0.504 e. The highest BCUT2D eigenvalue weighted by Crippen LogP contribution is 2.28. The van der Waals surface area contributed by atoms with E-state index in [1.165, 1.54) is 18.4 Å². The van der Waals surface area contributed by atoms with Crippen LogP contribution in [0.2, 0.25) is 0 Å². The van der Waals surface area contributed by atoms with E-state index in [9.17, 15) is 5.11 Å². The maximum Gasteiger partial charge on any atom is 0.161 e. The van der Waals surface area contributed by atoms with Gasteiger partial charge >= 0.3 is 0 Å². The van der Waals surface area contributed by atoms with E-state index in [1.807, 2.05) is 19.1 Å². The highest BCUT2D eigenvalue weighted by Gasteiger charge is 2.18. The van der Waals surface area contributed by atoms with Gasteiger partial charge in [-0.25, -0.2) is 0 Å². The van der Waals surface area contributed by atoms with E-state index in [4.69, 9.17) is 10.5 Å². The zero-order valence-electron chi connectivity index (χ0n) is 12.8. The van der Waals surface area contributed by atoms with E-state index in [0.717, 1.165) is 38.5 Å². The van der Waals surface area contributed by atoms with Gasteiger partial charge in [0.05, 0.1) is 6.61 Å². The molecule has 1 aromatic carbocycles. The van der Waals surface area contributed by atoms with Crippen LogP contribution in [0, 0.1) is 5.92 Å². The van der Waals surface area contributed by atoms with Crippen molar-refractivity contribution in [1.29, 1.82) is 0 Å². The van der Waals surface area contributed by atoms with Crippen LogP contribution in [0.15, 0.2) is 18.2 Å². The first-order chi connectivity index (χ1) is 9.72. The second kappa shape index (κ2) is 9.13. The summed E-state index contributed by atoms with van der Waals surface area (Å²) in [4.78, 5) is 2.47. The van der Waals surface area contributed by atoms with Crippen molar-refractivity contribution in [2.75, 3.05) is 26.2 Å². The first kappa shape index (κ1) is 18.1. The van der Waals surface area contributed by atoms with E-state index < -0.39 is 0 Å². The van der Waals surface area contributed by atoms with Crippen molar-refractivity contribution in [2.24, 2.45) is 11.7 Å². The molecule has 1 aliphatic rings. The minimum Gasteiger partial charge on any atom is -0.504 e. The first-order valence-electron chi connectivity index (χ1n) is 7.60. The molecule has 1 aliphatic heterocycles. The van der Waals surface area contributed by atoms with Gasteiger partial charge in [-0.05, 0) is 69.4 Å². The van der Waals surface area contributed by atoms with Gasteiger partial charge in [0.15, 0.2) is 11.5 Å². The lowest BCUT2D eigenvalue weighted by molar-refractivity contribution is 0.173. The highest BCUT2D eigenvalue weighted by molar-refractivity contribution is 5.85. The molecular weight excluding hydrogens is 288 g/mol. The van der Waals surface area contributed by atoms with E-state index in [2.05, 4.69) is 4.90 Å². The van der Waals surface area contributed by atoms with Crippen molar-refractivity contribution in [3.8, 4) is 11.5 Å². The molecule has 3 N–H and O–H groups in total. The normalized spacial score (nSPS) is 16.5. The zero-order valence-corrected chi connectivity index (χ0v) is 13.6. The minimum atomic E-state index is 0. The first-order valence-corrected chi connectivity index (χ1v) is 7.60. The quantitative estimate of drug-likeness (QED) is 0.847. The summed E-state index contributed by atoms with van der Waals surface area (Å²) in [6.07, 6.45) is 3.64. The third kappa shape index (κ3) is 5.38. The number of phenols is 1. The van der Waals surface area contributed by atoms with E-state index in [0.29, 0.717) is 12.4 Å². The number of aromatic hydroxyl groups is 1. The third-order valence-electron chi connectivity index (χ3n) is 4.01. The Hall–Kier alpha value is -0.970. The van der Waals surface area contributed by atoms with Crippen LogP contribution in [-0.2, 0) is 6.54 Å². The summed E-state index contributed by atoms with van der Waals surface area (Å²) in [6, 6.07) is 5.65. The summed E-state index contributed by atoms with van der Waals surface area (Å²) in [6.45, 7) is 6.50. The standard InChI is InChI=1S/C16H26N2O2.ClH/c1-2-20-16-11-14(3-4-15(16)19)12-18-9-6-13(5-8-17)7-10-18;/h3-4,11,13,19H,2,5-10,12,17H2,1H3;1H. The fourth-order valence-corrected chi connectivity index (χ4v) is 2.86. The number of hydrogen-bond donors (Lipinski definition) is 2. The summed E-state index contributed by atoms with van der Waals surface area (Å²) >= 11 is 0. The van der Waals surface area contributed by atoms with Crippen molar-refractivity contribution in [3.05, 3.63) is 23.8 Å². The van der Waals surface area contributed by atoms with Crippen LogP contribution in [0.4, 0.5) is 0 Å². The molecule has 5 heteroatoms. The lowest BCUT2D eigenvalue weighted by atomic mass is 9.93. The molecule has 2 rings (SSSR count). The second-order valence-electron chi connectivity index (χ2n) is 5.53. The van der Waals surface area contributed by atoms with Gasteiger partial charge in [-0.3, -0.25) is 4.90 Å². The molecule has 120 valence electrons. The summed E-state index contributed by atoms with van der Waals surface area (Å²) in [5.41, 5.74) is 6.82. The Morgan fingerprint density at radius 2 is 2.05 bits per heavy atom. The summed E-state index contributed by atoms with van der Waals surface area (Å²) < 4.78 is 5.43. The number of likely N-dealkylation sites (tertiary alicyclic amines) is 1. The van der Waals surface area contributed by atoms with Gasteiger partial charge in [-0.2, -0.15) is 0 Å². The number of benzene rings is 1. The number of phenolic OH excluding ortho intramolecular Hbond substituents is 1. The third-order valence-corrected chi connectivity index (χ3v) is 4.01. The molecule has 0 bridgehead atoms. The number of nitrogens with zero attached hydrogens (tertiary/aromatic N) is 1. The van der Waals surface area contributed by atoms with Crippen molar-refractivity contribution in [2.45, 2.75) is 32.7 Å². The monoisotopic (exact) mass is 314 g/mol. The van der Waals surface area contributed by atoms with Gasteiger partial charge < -0.3 is 15.6 Å². The molecule has 1 heterocycles. The Balaban J connectivity index is 0.00000220. The second-order valence-corrected chi connectivity index (χ2v) is 5.53. The van der Waals surface area contributed by atoms with Crippen LogP contribution in [-0.4, -0.2) is 36.2 Å². The van der Waals surface area contributed by atoms with E-state index in [-0.39, 0.29) is 18.2 Å². The van der Waals surface area contributed by atoms with Crippen LogP contribution in [0.1, 0.15) is 31.7 Å². The van der Waals surface area contributed by atoms with Crippen LogP contribution >= 0.6 is 12.4 Å². The molecule has 1 saturated heterocycles. The Morgan fingerprint density at radius 3 is 2.67 bits per heavy atom. The Bertz CT molecular complexity index is 421. The summed E-state index contributed by atoms with van der Waals surface area (Å²) in [7, 11) is 0. The molecule has 0 unspecified atom stereocenters. The zero-order chi connectivity index (χ0) is 14.4. The molecule has 0 aliphatic carbocycles. The predicted octanol–water partition coefficient (Wildman–Crippen LogP) is 2.77. The van der Waals surface area contributed by atoms with E-state index >= 15 is 0 Å². The van der Waals surface area contributed by atoms with Gasteiger partial charge in [0.2, 0.25) is 0 Å². The molecule has 0 amide bonds. The van der Waals surface area contributed by atoms with Gasteiger partial charge in [-0.15, -0.1) is 12.4 Å². The smallest absolute Gasteiger partial charge is 0.161 e. The maximum atomic E-state index is 9.72. The average Bonchev–Trinajstić information content (AvgIpc) is 2.45. The molecular formula is C16H27ClN2O2. The minimum absolute atomic E-state index is 0. The Labute approximate surface area is 133 Å². The number of nitrogens with two attached hydrogens (primary N) is 1. The summed E-state index contributed by atoms with van der Waals surface area (Å²) in [5, 5.41) is 9.72. The molecule has 0 radical (unpaired) electrons. The van der Waals surface area contributed by atoms with Gasteiger partial charge in [0.25, 0.3) is 0 Å². The average molecular weight is 315 g/mol. The summed E-state index contributed by atoms with van der Waals surface area (Å²) in [5.74, 6) is 1.61. The maximum absolute atomic E-state index is 9.72. The van der Waals surface area contributed by atoms with E-state index in [1.54, 1.807) is 6.07 Å². The predicted molar refractivity (Wildman–Crippen MR) is 88.2 cm³/mol. The lowest BCUT2D eigenvalue weighted by Crippen LogP contribution is -2.33. The van der Waals surface area contributed by atoms with Crippen molar-refractivity contribution in [1.82, 2.24) is 4.90 Å². The van der Waals surface area contributed by atoms with Gasteiger partial charge in [0.1, 0.15) is 0 Å². The molecule has 0 spiro atoms. The molecule has 4 nitrogen and oxygen atoms in total. The topological polar surface area (TPSA) is 58.7 Å². The lowest BCUT2D eigenvalue weighted by Gasteiger charge is -2.31. The molecule has 1 aromatic rings. The highest BCUT2D eigenvalue weighted by atomic mass is 35.5. The number of piperidine rings is 1. The number of hydrogen-bond acceptors (Lipinski definition) is 4. The number of ether oxygens (including phenoxy) is 1.